The second-order valence-corrected chi connectivity index (χ2v) is 3.40. The second kappa shape index (κ2) is 5.97. The van der Waals surface area contributed by atoms with Gasteiger partial charge in [0.25, 0.3) is 6.43 Å². The Morgan fingerprint density at radius 2 is 2.00 bits per heavy atom. The van der Waals surface area contributed by atoms with Crippen LogP contribution in [0.1, 0.15) is 17.7 Å². The Morgan fingerprint density at radius 3 is 2.45 bits per heavy atom. The third kappa shape index (κ3) is 4.00. The van der Waals surface area contributed by atoms with E-state index < -0.39 is 48.0 Å². The van der Waals surface area contributed by atoms with Gasteiger partial charge in [0.15, 0.2) is 11.6 Å². The van der Waals surface area contributed by atoms with E-state index in [-0.39, 0.29) is 6.20 Å². The largest absolute Gasteiger partial charge is 0.573 e. The minimum Gasteiger partial charge on any atom is -0.469 e. The summed E-state index contributed by atoms with van der Waals surface area (Å²) in [5, 5.41) is 0. The molecule has 1 rings (SSSR count). The van der Waals surface area contributed by atoms with Crippen LogP contribution in [-0.2, 0) is 16.0 Å². The highest BCUT2D eigenvalue weighted by atomic mass is 19.4. The van der Waals surface area contributed by atoms with Gasteiger partial charge in [-0.3, -0.25) is 9.78 Å². The number of hydrogen-bond acceptors (Lipinski definition) is 4. The standard InChI is InChI=1S/C10H7F6NO3/c1-19-6(18)2-5-7(9(12)13)8(4(11)3-17-5)20-10(14,15)16/h3,9H,2H2,1H3. The molecule has 0 radical (unpaired) electrons. The van der Waals surface area contributed by atoms with E-state index in [0.717, 1.165) is 7.11 Å². The number of esters is 1. The first-order chi connectivity index (χ1) is 9.15. The van der Waals surface area contributed by atoms with Gasteiger partial charge in [-0.15, -0.1) is 13.2 Å². The summed E-state index contributed by atoms with van der Waals surface area (Å²) in [4.78, 5) is 14.1. The fraction of sp³-hybridized carbons (Fsp3) is 0.400. The lowest BCUT2D eigenvalue weighted by atomic mass is 10.1. The third-order valence-electron chi connectivity index (χ3n) is 2.08. The predicted octanol–water partition coefficient (Wildman–Crippen LogP) is 2.77. The van der Waals surface area contributed by atoms with Crippen LogP contribution in [0.5, 0.6) is 5.75 Å². The Morgan fingerprint density at radius 1 is 1.40 bits per heavy atom. The first-order valence-electron chi connectivity index (χ1n) is 4.93. The van der Waals surface area contributed by atoms with Gasteiger partial charge in [-0.2, -0.15) is 0 Å². The van der Waals surface area contributed by atoms with Crippen molar-refractivity contribution in [3.63, 3.8) is 0 Å². The maximum absolute atomic E-state index is 13.2. The molecule has 0 N–H and O–H groups in total. The lowest BCUT2D eigenvalue weighted by Gasteiger charge is -2.15. The normalized spacial score (nSPS) is 11.6. The molecule has 10 heteroatoms. The van der Waals surface area contributed by atoms with Crippen LogP contribution < -0.4 is 4.74 Å². The van der Waals surface area contributed by atoms with Crippen molar-refractivity contribution in [2.24, 2.45) is 0 Å². The predicted molar refractivity (Wildman–Crippen MR) is 51.6 cm³/mol. The minimum atomic E-state index is -5.37. The molecule has 0 amide bonds. The molecule has 0 aromatic carbocycles. The maximum Gasteiger partial charge on any atom is 0.573 e. The van der Waals surface area contributed by atoms with Gasteiger partial charge in [0.05, 0.1) is 31.0 Å². The number of nitrogens with zero attached hydrogens (tertiary/aromatic N) is 1. The molecule has 1 aromatic rings. The van der Waals surface area contributed by atoms with Gasteiger partial charge in [0.2, 0.25) is 0 Å². The number of halogens is 6. The molecule has 20 heavy (non-hydrogen) atoms. The van der Waals surface area contributed by atoms with Crippen LogP contribution in [0.2, 0.25) is 0 Å². The average molecular weight is 303 g/mol. The molecule has 0 unspecified atom stereocenters. The lowest BCUT2D eigenvalue weighted by molar-refractivity contribution is -0.276. The van der Waals surface area contributed by atoms with E-state index in [4.69, 9.17) is 0 Å². The summed E-state index contributed by atoms with van der Waals surface area (Å²) in [6.07, 6.45) is -9.47. The monoisotopic (exact) mass is 303 g/mol. The Kier molecular flexibility index (Phi) is 4.79. The molecule has 1 aromatic heterocycles. The zero-order chi connectivity index (χ0) is 15.5. The first kappa shape index (κ1) is 16.1. The van der Waals surface area contributed by atoms with Crippen LogP contribution in [0.25, 0.3) is 0 Å². The van der Waals surface area contributed by atoms with Crippen LogP contribution in [0.3, 0.4) is 0 Å². The van der Waals surface area contributed by atoms with Gasteiger partial charge in [-0.05, 0) is 0 Å². The van der Waals surface area contributed by atoms with E-state index >= 15 is 0 Å². The van der Waals surface area contributed by atoms with Crippen molar-refractivity contribution in [3.05, 3.63) is 23.3 Å². The summed E-state index contributed by atoms with van der Waals surface area (Å²) >= 11 is 0. The molecule has 0 saturated heterocycles. The van der Waals surface area contributed by atoms with Gasteiger partial charge in [-0.25, -0.2) is 13.2 Å². The van der Waals surface area contributed by atoms with Gasteiger partial charge in [0.1, 0.15) is 0 Å². The highest BCUT2D eigenvalue weighted by Crippen LogP contribution is 2.36. The molecule has 0 spiro atoms. The molecule has 0 aliphatic heterocycles. The lowest BCUT2D eigenvalue weighted by Crippen LogP contribution is -2.21. The minimum absolute atomic E-state index is 0.255. The Hall–Kier alpha value is -2.00. The van der Waals surface area contributed by atoms with Crippen LogP contribution >= 0.6 is 0 Å². The third-order valence-corrected chi connectivity index (χ3v) is 2.08. The van der Waals surface area contributed by atoms with Crippen molar-refractivity contribution < 1.29 is 40.6 Å². The molecule has 4 nitrogen and oxygen atoms in total. The fourth-order valence-corrected chi connectivity index (χ4v) is 1.32. The van der Waals surface area contributed by atoms with Crippen LogP contribution in [0, 0.1) is 5.82 Å². The highest BCUT2D eigenvalue weighted by molar-refractivity contribution is 5.72. The number of pyridine rings is 1. The number of hydrogen-bond donors (Lipinski definition) is 0. The van der Waals surface area contributed by atoms with Crippen LogP contribution in [0.15, 0.2) is 6.20 Å². The molecule has 1 heterocycles. The highest BCUT2D eigenvalue weighted by Gasteiger charge is 2.36. The van der Waals surface area contributed by atoms with Crippen molar-refractivity contribution >= 4 is 5.97 Å². The van der Waals surface area contributed by atoms with E-state index in [2.05, 4.69) is 14.5 Å². The van der Waals surface area contributed by atoms with Crippen molar-refractivity contribution in [1.29, 1.82) is 0 Å². The summed E-state index contributed by atoms with van der Waals surface area (Å²) < 4.78 is 82.4. The van der Waals surface area contributed by atoms with Crippen LogP contribution in [-0.4, -0.2) is 24.4 Å². The number of methoxy groups -OCH3 is 1. The van der Waals surface area contributed by atoms with Crippen LogP contribution in [0.4, 0.5) is 26.3 Å². The van der Waals surface area contributed by atoms with Crippen molar-refractivity contribution in [2.45, 2.75) is 19.2 Å². The molecule has 0 fully saturated rings. The SMILES string of the molecule is COC(=O)Cc1ncc(F)c(OC(F)(F)F)c1C(F)F. The van der Waals surface area contributed by atoms with Gasteiger partial charge >= 0.3 is 12.3 Å². The quantitative estimate of drug-likeness (QED) is 0.634. The molecule has 0 bridgehead atoms. The summed E-state index contributed by atoms with van der Waals surface area (Å²) in [7, 11) is 0.945. The number of carbonyl (C=O) groups excluding carboxylic acids is 1. The Bertz CT molecular complexity index is 503. The summed E-state index contributed by atoms with van der Waals surface area (Å²) in [5.74, 6) is -4.45. The smallest absolute Gasteiger partial charge is 0.469 e. The molecule has 0 aliphatic rings. The number of alkyl halides is 5. The average Bonchev–Trinajstić information content (AvgIpc) is 2.31. The summed E-state index contributed by atoms with van der Waals surface area (Å²) in [6.45, 7) is 0. The number of ether oxygens (including phenoxy) is 2. The van der Waals surface area contributed by atoms with Crippen molar-refractivity contribution in [2.75, 3.05) is 7.11 Å². The Balaban J connectivity index is 3.33. The zero-order valence-corrected chi connectivity index (χ0v) is 9.80. The van der Waals surface area contributed by atoms with E-state index in [1.807, 2.05) is 0 Å². The zero-order valence-electron chi connectivity index (χ0n) is 9.80. The first-order valence-corrected chi connectivity index (χ1v) is 4.93. The number of rotatable bonds is 4. The molecule has 0 atom stereocenters. The Labute approximate surface area is 108 Å². The van der Waals surface area contributed by atoms with Crippen molar-refractivity contribution in [1.82, 2.24) is 4.98 Å². The molecular formula is C10H7F6NO3. The molecular weight excluding hydrogens is 296 g/mol. The van der Waals surface area contributed by atoms with E-state index in [0.29, 0.717) is 0 Å². The second-order valence-electron chi connectivity index (χ2n) is 3.40. The number of aromatic nitrogens is 1. The topological polar surface area (TPSA) is 48.4 Å². The summed E-state index contributed by atoms with van der Waals surface area (Å²) in [5.41, 5.74) is -2.19. The maximum atomic E-state index is 13.2. The summed E-state index contributed by atoms with van der Waals surface area (Å²) in [6, 6.07) is 0. The molecule has 112 valence electrons. The van der Waals surface area contributed by atoms with E-state index in [1.54, 1.807) is 0 Å². The van der Waals surface area contributed by atoms with Gasteiger partial charge < -0.3 is 9.47 Å². The molecule has 0 aliphatic carbocycles. The van der Waals surface area contributed by atoms with Crippen molar-refractivity contribution in [3.8, 4) is 5.75 Å². The molecule has 0 saturated carbocycles. The van der Waals surface area contributed by atoms with Gasteiger partial charge in [0, 0.05) is 0 Å². The van der Waals surface area contributed by atoms with E-state index in [1.165, 1.54) is 0 Å². The number of carbonyl (C=O) groups is 1. The van der Waals surface area contributed by atoms with Gasteiger partial charge in [-0.1, -0.05) is 0 Å². The van der Waals surface area contributed by atoms with E-state index in [9.17, 15) is 31.1 Å². The fourth-order valence-electron chi connectivity index (χ4n) is 1.32.